The van der Waals surface area contributed by atoms with E-state index in [1.165, 1.54) is 11.1 Å². The summed E-state index contributed by atoms with van der Waals surface area (Å²) in [6.45, 7) is 5.78. The zero-order valence-electron chi connectivity index (χ0n) is 13.5. The molecule has 21 heavy (non-hydrogen) atoms. The minimum Gasteiger partial charge on any atom is -0.383 e. The van der Waals surface area contributed by atoms with Crippen molar-refractivity contribution >= 4 is 29.9 Å². The standard InChI is InChI=1S/C16H27N3O.HI/c1-5-14-6-8-15(9-7-14)10-11-18-16(17-3)19-13(2)12-20-4;/h6-9,13H,5,10-12H2,1-4H3,(H2,17,18,19);1H. The molecule has 1 unspecified atom stereocenters. The quantitative estimate of drug-likeness (QED) is 0.417. The van der Waals surface area contributed by atoms with Crippen LogP contribution in [0.4, 0.5) is 0 Å². The van der Waals surface area contributed by atoms with E-state index in [4.69, 9.17) is 4.74 Å². The van der Waals surface area contributed by atoms with E-state index in [1.54, 1.807) is 14.2 Å². The average Bonchev–Trinajstić information content (AvgIpc) is 2.47. The number of nitrogens with zero attached hydrogens (tertiary/aromatic N) is 1. The molecule has 0 saturated heterocycles. The fourth-order valence-electron chi connectivity index (χ4n) is 1.99. The zero-order valence-corrected chi connectivity index (χ0v) is 15.8. The van der Waals surface area contributed by atoms with Gasteiger partial charge < -0.3 is 15.4 Å². The molecule has 0 spiro atoms. The normalized spacial score (nSPS) is 12.5. The largest absolute Gasteiger partial charge is 0.383 e. The number of aliphatic imine (C=N–C) groups is 1. The molecule has 5 heteroatoms. The maximum atomic E-state index is 5.10. The summed E-state index contributed by atoms with van der Waals surface area (Å²) in [4.78, 5) is 4.21. The number of halogens is 1. The fourth-order valence-corrected chi connectivity index (χ4v) is 1.99. The summed E-state index contributed by atoms with van der Waals surface area (Å²) in [5.41, 5.74) is 2.72. The smallest absolute Gasteiger partial charge is 0.191 e. The first kappa shape index (κ1) is 20.2. The van der Waals surface area contributed by atoms with E-state index in [1.807, 2.05) is 0 Å². The highest BCUT2D eigenvalue weighted by Crippen LogP contribution is 2.05. The van der Waals surface area contributed by atoms with Crippen LogP contribution in [0.2, 0.25) is 0 Å². The predicted molar refractivity (Wildman–Crippen MR) is 101 cm³/mol. The lowest BCUT2D eigenvalue weighted by Gasteiger charge is -2.17. The van der Waals surface area contributed by atoms with E-state index in [0.717, 1.165) is 25.3 Å². The van der Waals surface area contributed by atoms with Gasteiger partial charge in [0.05, 0.1) is 6.61 Å². The Bertz CT molecular complexity index is 406. The second-order valence-corrected chi connectivity index (χ2v) is 4.92. The molecule has 0 fully saturated rings. The highest BCUT2D eigenvalue weighted by molar-refractivity contribution is 14.0. The SMILES string of the molecule is CCc1ccc(CCNC(=NC)NC(C)COC)cc1.I. The number of guanidine groups is 1. The monoisotopic (exact) mass is 405 g/mol. The Labute approximate surface area is 145 Å². The molecule has 2 N–H and O–H groups in total. The van der Waals surface area contributed by atoms with Crippen LogP contribution in [-0.2, 0) is 17.6 Å². The Morgan fingerprint density at radius 2 is 1.86 bits per heavy atom. The lowest BCUT2D eigenvalue weighted by atomic mass is 10.1. The molecular formula is C16H28IN3O. The van der Waals surface area contributed by atoms with Gasteiger partial charge in [0.25, 0.3) is 0 Å². The van der Waals surface area contributed by atoms with Gasteiger partial charge in [0, 0.05) is 26.7 Å². The molecule has 1 aromatic rings. The molecule has 0 saturated carbocycles. The van der Waals surface area contributed by atoms with Crippen molar-refractivity contribution in [3.8, 4) is 0 Å². The van der Waals surface area contributed by atoms with Gasteiger partial charge in [0.15, 0.2) is 5.96 Å². The van der Waals surface area contributed by atoms with Crippen molar-refractivity contribution in [3.63, 3.8) is 0 Å². The molecule has 0 aliphatic heterocycles. The lowest BCUT2D eigenvalue weighted by molar-refractivity contribution is 0.179. The van der Waals surface area contributed by atoms with Gasteiger partial charge in [-0.25, -0.2) is 0 Å². The van der Waals surface area contributed by atoms with Crippen LogP contribution in [0.3, 0.4) is 0 Å². The molecule has 0 radical (unpaired) electrons. The van der Waals surface area contributed by atoms with Crippen LogP contribution in [-0.4, -0.2) is 39.3 Å². The Morgan fingerprint density at radius 3 is 2.38 bits per heavy atom. The summed E-state index contributed by atoms with van der Waals surface area (Å²) in [5.74, 6) is 0.819. The first-order valence-corrected chi connectivity index (χ1v) is 7.23. The number of aryl methyl sites for hydroxylation is 1. The molecule has 1 atom stereocenters. The number of ether oxygens (including phenoxy) is 1. The molecule has 0 bridgehead atoms. The second-order valence-electron chi connectivity index (χ2n) is 4.92. The van der Waals surface area contributed by atoms with Gasteiger partial charge in [-0.2, -0.15) is 0 Å². The minimum absolute atomic E-state index is 0. The van der Waals surface area contributed by atoms with E-state index in [9.17, 15) is 0 Å². The highest BCUT2D eigenvalue weighted by Gasteiger charge is 2.04. The van der Waals surface area contributed by atoms with Crippen LogP contribution >= 0.6 is 24.0 Å². The van der Waals surface area contributed by atoms with Crippen LogP contribution in [0.15, 0.2) is 29.3 Å². The molecule has 0 aliphatic rings. The number of hydrogen-bond donors (Lipinski definition) is 2. The Balaban J connectivity index is 0.00000400. The molecular weight excluding hydrogens is 377 g/mol. The summed E-state index contributed by atoms with van der Waals surface area (Å²) in [6, 6.07) is 9.04. The van der Waals surface area contributed by atoms with Crippen LogP contribution in [0.5, 0.6) is 0 Å². The fraction of sp³-hybridized carbons (Fsp3) is 0.562. The van der Waals surface area contributed by atoms with E-state index in [0.29, 0.717) is 6.61 Å². The van der Waals surface area contributed by atoms with Crippen molar-refractivity contribution in [2.24, 2.45) is 4.99 Å². The highest BCUT2D eigenvalue weighted by atomic mass is 127. The summed E-state index contributed by atoms with van der Waals surface area (Å²) in [7, 11) is 3.49. The van der Waals surface area contributed by atoms with Crippen LogP contribution < -0.4 is 10.6 Å². The van der Waals surface area contributed by atoms with E-state index in [2.05, 4.69) is 53.7 Å². The van der Waals surface area contributed by atoms with Gasteiger partial charge in [-0.1, -0.05) is 31.2 Å². The van der Waals surface area contributed by atoms with Crippen molar-refractivity contribution in [2.45, 2.75) is 32.7 Å². The van der Waals surface area contributed by atoms with E-state index < -0.39 is 0 Å². The number of rotatable bonds is 7. The molecule has 0 aliphatic carbocycles. The molecule has 1 aromatic carbocycles. The first-order valence-electron chi connectivity index (χ1n) is 7.23. The summed E-state index contributed by atoms with van der Waals surface area (Å²) in [5, 5.41) is 6.61. The van der Waals surface area contributed by atoms with Gasteiger partial charge in [-0.15, -0.1) is 24.0 Å². The van der Waals surface area contributed by atoms with Crippen molar-refractivity contribution in [1.29, 1.82) is 0 Å². The second kappa shape index (κ2) is 11.8. The molecule has 0 heterocycles. The van der Waals surface area contributed by atoms with Crippen molar-refractivity contribution in [3.05, 3.63) is 35.4 Å². The molecule has 0 amide bonds. The Kier molecular flexibility index (Phi) is 11.3. The summed E-state index contributed by atoms with van der Waals surface area (Å²) < 4.78 is 5.10. The number of benzene rings is 1. The number of hydrogen-bond acceptors (Lipinski definition) is 2. The van der Waals surface area contributed by atoms with Gasteiger partial charge >= 0.3 is 0 Å². The molecule has 0 aromatic heterocycles. The molecule has 4 nitrogen and oxygen atoms in total. The van der Waals surface area contributed by atoms with Crippen molar-refractivity contribution in [1.82, 2.24) is 10.6 Å². The summed E-state index contributed by atoms with van der Waals surface area (Å²) in [6.07, 6.45) is 2.08. The number of nitrogens with one attached hydrogen (secondary N) is 2. The molecule has 120 valence electrons. The molecule has 1 rings (SSSR count). The van der Waals surface area contributed by atoms with Gasteiger partial charge in [-0.05, 0) is 30.9 Å². The maximum absolute atomic E-state index is 5.10. The van der Waals surface area contributed by atoms with E-state index >= 15 is 0 Å². The average molecular weight is 405 g/mol. The van der Waals surface area contributed by atoms with Gasteiger partial charge in [-0.3, -0.25) is 4.99 Å². The van der Waals surface area contributed by atoms with Crippen LogP contribution in [0.1, 0.15) is 25.0 Å². The summed E-state index contributed by atoms with van der Waals surface area (Å²) >= 11 is 0. The maximum Gasteiger partial charge on any atom is 0.191 e. The van der Waals surface area contributed by atoms with Crippen molar-refractivity contribution < 1.29 is 4.74 Å². The Morgan fingerprint density at radius 1 is 1.24 bits per heavy atom. The number of methoxy groups -OCH3 is 1. The van der Waals surface area contributed by atoms with Crippen LogP contribution in [0, 0.1) is 0 Å². The zero-order chi connectivity index (χ0) is 14.8. The third-order valence-electron chi connectivity index (χ3n) is 3.16. The third-order valence-corrected chi connectivity index (χ3v) is 3.16. The third kappa shape index (κ3) is 8.26. The van der Waals surface area contributed by atoms with Crippen molar-refractivity contribution in [2.75, 3.05) is 27.3 Å². The lowest BCUT2D eigenvalue weighted by Crippen LogP contribution is -2.44. The minimum atomic E-state index is 0. The van der Waals surface area contributed by atoms with Gasteiger partial charge in [0.2, 0.25) is 0 Å². The Hall–Kier alpha value is -0.820. The van der Waals surface area contributed by atoms with Crippen LogP contribution in [0.25, 0.3) is 0 Å². The van der Waals surface area contributed by atoms with Gasteiger partial charge in [0.1, 0.15) is 0 Å². The topological polar surface area (TPSA) is 45.7 Å². The first-order chi connectivity index (χ1) is 9.69. The predicted octanol–water partition coefficient (Wildman–Crippen LogP) is 2.61. The van der Waals surface area contributed by atoms with E-state index in [-0.39, 0.29) is 30.0 Å².